The van der Waals surface area contributed by atoms with Crippen molar-refractivity contribution in [3.8, 4) is 0 Å². The number of amides is 1. The zero-order chi connectivity index (χ0) is 14.3. The SMILES string of the molecule is CC(=O)N1CC2(CCNC2)Cc2cc(N(C)C)ccc21. The molecule has 3 rings (SSSR count). The molecule has 2 aliphatic heterocycles. The molecule has 1 spiro atoms. The highest BCUT2D eigenvalue weighted by molar-refractivity contribution is 5.93. The lowest BCUT2D eigenvalue weighted by molar-refractivity contribution is -0.117. The second-order valence-corrected chi connectivity index (χ2v) is 6.42. The molecule has 0 aliphatic carbocycles. The molecule has 2 heterocycles. The van der Waals surface area contributed by atoms with Crippen LogP contribution < -0.4 is 15.1 Å². The number of hydrogen-bond acceptors (Lipinski definition) is 3. The highest BCUT2D eigenvalue weighted by Gasteiger charge is 2.41. The van der Waals surface area contributed by atoms with Crippen molar-refractivity contribution in [3.63, 3.8) is 0 Å². The van der Waals surface area contributed by atoms with Gasteiger partial charge in [0.15, 0.2) is 0 Å². The van der Waals surface area contributed by atoms with Crippen LogP contribution in [0.4, 0.5) is 11.4 Å². The van der Waals surface area contributed by atoms with E-state index in [1.54, 1.807) is 6.92 Å². The lowest BCUT2D eigenvalue weighted by Crippen LogP contribution is -2.47. The van der Waals surface area contributed by atoms with Gasteiger partial charge in [-0.3, -0.25) is 4.79 Å². The number of hydrogen-bond donors (Lipinski definition) is 1. The van der Waals surface area contributed by atoms with E-state index in [1.807, 2.05) is 4.90 Å². The van der Waals surface area contributed by atoms with Crippen molar-refractivity contribution in [2.45, 2.75) is 19.8 Å². The Morgan fingerprint density at radius 2 is 2.20 bits per heavy atom. The summed E-state index contributed by atoms with van der Waals surface area (Å²) >= 11 is 0. The molecule has 108 valence electrons. The molecule has 1 saturated heterocycles. The maximum Gasteiger partial charge on any atom is 0.223 e. The number of rotatable bonds is 1. The summed E-state index contributed by atoms with van der Waals surface area (Å²) in [5.41, 5.74) is 3.83. The number of carbonyl (C=O) groups is 1. The molecule has 2 aliphatic rings. The van der Waals surface area contributed by atoms with Gasteiger partial charge in [-0.05, 0) is 43.1 Å². The van der Waals surface area contributed by atoms with Crippen molar-refractivity contribution in [1.82, 2.24) is 5.32 Å². The molecule has 1 fully saturated rings. The molecule has 4 nitrogen and oxygen atoms in total. The summed E-state index contributed by atoms with van der Waals surface area (Å²) in [5, 5.41) is 3.46. The van der Waals surface area contributed by atoms with Gasteiger partial charge in [0.1, 0.15) is 0 Å². The highest BCUT2D eigenvalue weighted by atomic mass is 16.2. The molecule has 1 aromatic carbocycles. The van der Waals surface area contributed by atoms with Gasteiger partial charge in [-0.25, -0.2) is 0 Å². The van der Waals surface area contributed by atoms with Crippen LogP contribution in [-0.2, 0) is 11.2 Å². The Hall–Kier alpha value is -1.55. The van der Waals surface area contributed by atoms with Gasteiger partial charge in [-0.15, -0.1) is 0 Å². The Kier molecular flexibility index (Phi) is 3.21. The quantitative estimate of drug-likeness (QED) is 0.845. The van der Waals surface area contributed by atoms with Gasteiger partial charge in [-0.1, -0.05) is 0 Å². The topological polar surface area (TPSA) is 35.6 Å². The fourth-order valence-electron chi connectivity index (χ4n) is 3.50. The van der Waals surface area contributed by atoms with E-state index >= 15 is 0 Å². The van der Waals surface area contributed by atoms with Gasteiger partial charge < -0.3 is 15.1 Å². The summed E-state index contributed by atoms with van der Waals surface area (Å²) in [6, 6.07) is 6.44. The lowest BCUT2D eigenvalue weighted by Gasteiger charge is -2.41. The first-order valence-corrected chi connectivity index (χ1v) is 7.30. The van der Waals surface area contributed by atoms with E-state index in [1.165, 1.54) is 11.3 Å². The Morgan fingerprint density at radius 1 is 1.40 bits per heavy atom. The fraction of sp³-hybridized carbons (Fsp3) is 0.562. The van der Waals surface area contributed by atoms with E-state index in [9.17, 15) is 4.79 Å². The third-order valence-electron chi connectivity index (χ3n) is 4.64. The second kappa shape index (κ2) is 4.77. The number of fused-ring (bicyclic) bond motifs is 1. The molecule has 1 amide bonds. The van der Waals surface area contributed by atoms with Gasteiger partial charge >= 0.3 is 0 Å². The highest BCUT2D eigenvalue weighted by Crippen LogP contribution is 2.41. The first-order chi connectivity index (χ1) is 9.51. The molecular weight excluding hydrogens is 250 g/mol. The Labute approximate surface area is 120 Å². The summed E-state index contributed by atoms with van der Waals surface area (Å²) < 4.78 is 0. The smallest absolute Gasteiger partial charge is 0.223 e. The molecular formula is C16H23N3O. The Bertz CT molecular complexity index is 533. The monoisotopic (exact) mass is 273 g/mol. The normalized spacial score (nSPS) is 24.9. The fourth-order valence-corrected chi connectivity index (χ4v) is 3.50. The number of nitrogens with zero attached hydrogens (tertiary/aromatic N) is 2. The van der Waals surface area contributed by atoms with E-state index in [2.05, 4.69) is 42.5 Å². The minimum atomic E-state index is 0.148. The predicted molar refractivity (Wildman–Crippen MR) is 82.4 cm³/mol. The summed E-state index contributed by atoms with van der Waals surface area (Å²) in [5.74, 6) is 0.148. The number of benzene rings is 1. The van der Waals surface area contributed by atoms with Gasteiger partial charge in [0.2, 0.25) is 5.91 Å². The number of carbonyl (C=O) groups excluding carboxylic acids is 1. The van der Waals surface area contributed by atoms with Crippen LogP contribution >= 0.6 is 0 Å². The Morgan fingerprint density at radius 3 is 2.80 bits per heavy atom. The molecule has 0 bridgehead atoms. The average Bonchev–Trinajstić information content (AvgIpc) is 2.84. The average molecular weight is 273 g/mol. The largest absolute Gasteiger partial charge is 0.378 e. The summed E-state index contributed by atoms with van der Waals surface area (Å²) in [7, 11) is 4.11. The summed E-state index contributed by atoms with van der Waals surface area (Å²) in [4.78, 5) is 16.1. The maximum absolute atomic E-state index is 12.0. The zero-order valence-electron chi connectivity index (χ0n) is 12.6. The van der Waals surface area contributed by atoms with Crippen LogP contribution in [0.1, 0.15) is 18.9 Å². The van der Waals surface area contributed by atoms with Crippen molar-refractivity contribution in [2.24, 2.45) is 5.41 Å². The number of anilines is 2. The van der Waals surface area contributed by atoms with Gasteiger partial charge in [-0.2, -0.15) is 0 Å². The first kappa shape index (κ1) is 13.4. The van der Waals surface area contributed by atoms with E-state index < -0.39 is 0 Å². The van der Waals surface area contributed by atoms with Crippen LogP contribution in [0.15, 0.2) is 18.2 Å². The van der Waals surface area contributed by atoms with E-state index in [0.717, 1.165) is 38.2 Å². The van der Waals surface area contributed by atoms with Crippen LogP contribution in [0.5, 0.6) is 0 Å². The minimum absolute atomic E-state index is 0.148. The summed E-state index contributed by atoms with van der Waals surface area (Å²) in [6.07, 6.45) is 2.23. The number of nitrogens with one attached hydrogen (secondary N) is 1. The minimum Gasteiger partial charge on any atom is -0.378 e. The predicted octanol–water partition coefficient (Wildman–Crippen LogP) is 1.64. The van der Waals surface area contributed by atoms with E-state index in [-0.39, 0.29) is 11.3 Å². The van der Waals surface area contributed by atoms with Gasteiger partial charge in [0, 0.05) is 50.9 Å². The van der Waals surface area contributed by atoms with Gasteiger partial charge in [0.05, 0.1) is 0 Å². The summed E-state index contributed by atoms with van der Waals surface area (Å²) in [6.45, 7) is 4.60. The second-order valence-electron chi connectivity index (χ2n) is 6.42. The molecule has 0 aromatic heterocycles. The van der Waals surface area contributed by atoms with Crippen LogP contribution in [0.25, 0.3) is 0 Å². The molecule has 0 saturated carbocycles. The van der Waals surface area contributed by atoms with Crippen molar-refractivity contribution in [2.75, 3.05) is 43.5 Å². The molecule has 1 unspecified atom stereocenters. The molecule has 1 N–H and O–H groups in total. The lowest BCUT2D eigenvalue weighted by atomic mass is 9.76. The van der Waals surface area contributed by atoms with Crippen LogP contribution in [0.3, 0.4) is 0 Å². The van der Waals surface area contributed by atoms with Crippen molar-refractivity contribution in [3.05, 3.63) is 23.8 Å². The molecule has 1 atom stereocenters. The van der Waals surface area contributed by atoms with Crippen molar-refractivity contribution in [1.29, 1.82) is 0 Å². The van der Waals surface area contributed by atoms with Crippen LogP contribution in [0, 0.1) is 5.41 Å². The molecule has 0 radical (unpaired) electrons. The Balaban J connectivity index is 2.04. The van der Waals surface area contributed by atoms with Crippen molar-refractivity contribution >= 4 is 17.3 Å². The first-order valence-electron chi connectivity index (χ1n) is 7.30. The van der Waals surface area contributed by atoms with Crippen LogP contribution in [-0.4, -0.2) is 39.6 Å². The van der Waals surface area contributed by atoms with Crippen molar-refractivity contribution < 1.29 is 4.79 Å². The van der Waals surface area contributed by atoms with Gasteiger partial charge in [0.25, 0.3) is 0 Å². The van der Waals surface area contributed by atoms with Crippen LogP contribution in [0.2, 0.25) is 0 Å². The molecule has 20 heavy (non-hydrogen) atoms. The van der Waals surface area contributed by atoms with E-state index in [0.29, 0.717) is 0 Å². The van der Waals surface area contributed by atoms with E-state index in [4.69, 9.17) is 0 Å². The molecule has 4 heteroatoms. The molecule has 1 aromatic rings. The maximum atomic E-state index is 12.0. The standard InChI is InChI=1S/C16H23N3O/c1-12(20)19-11-16(6-7-17-10-16)9-13-8-14(18(2)3)4-5-15(13)19/h4-5,8,17H,6-7,9-11H2,1-3H3. The third kappa shape index (κ3) is 2.18. The zero-order valence-corrected chi connectivity index (χ0v) is 12.6. The third-order valence-corrected chi connectivity index (χ3v) is 4.64.